The lowest BCUT2D eigenvalue weighted by atomic mass is 9.90. The lowest BCUT2D eigenvalue weighted by molar-refractivity contribution is -0.189. The van der Waals surface area contributed by atoms with Crippen molar-refractivity contribution in [2.75, 3.05) is 26.3 Å². The molecule has 21 heavy (non-hydrogen) atoms. The number of carbonyl (C=O) groups is 1. The van der Waals surface area contributed by atoms with Crippen molar-refractivity contribution in [2.45, 2.75) is 50.9 Å². The molecule has 0 unspecified atom stereocenters. The molecule has 0 spiro atoms. The molecular weight excluding hydrogens is 268 g/mol. The fourth-order valence-electron chi connectivity index (χ4n) is 3.54. The number of nitrogens with one attached hydrogen (secondary N) is 1. The quantitative estimate of drug-likeness (QED) is 0.795. The van der Waals surface area contributed by atoms with Crippen molar-refractivity contribution < 1.29 is 14.3 Å². The van der Waals surface area contributed by atoms with Crippen LogP contribution in [0.2, 0.25) is 0 Å². The van der Waals surface area contributed by atoms with E-state index in [2.05, 4.69) is 17.5 Å². The summed E-state index contributed by atoms with van der Waals surface area (Å²) < 4.78 is 11.5. The van der Waals surface area contributed by atoms with E-state index in [1.54, 1.807) is 0 Å². The molecule has 118 valence electrons. The van der Waals surface area contributed by atoms with Crippen molar-refractivity contribution in [1.82, 2.24) is 10.2 Å². The number of nitrogens with zero attached hydrogens (tertiary/aromatic N) is 1. The van der Waals surface area contributed by atoms with E-state index in [4.69, 9.17) is 9.47 Å². The minimum atomic E-state index is -0.510. The van der Waals surface area contributed by atoms with Crippen LogP contribution in [0.25, 0.3) is 0 Å². The third kappa shape index (κ3) is 3.40. The number of amides is 2. The normalized spacial score (nSPS) is 32.1. The third-order valence-corrected chi connectivity index (χ3v) is 4.87. The molecule has 2 amide bonds. The zero-order valence-electron chi connectivity index (χ0n) is 12.8. The topological polar surface area (TPSA) is 50.8 Å². The van der Waals surface area contributed by atoms with Gasteiger partial charge in [0, 0.05) is 25.0 Å². The second kappa shape index (κ2) is 6.36. The van der Waals surface area contributed by atoms with Crippen LogP contribution in [-0.2, 0) is 9.47 Å². The SMILES string of the molecule is CC1([C@H]2CCCN(C(=O)N[C@H]3C=CCCC3)C2)OCCO1. The summed E-state index contributed by atoms with van der Waals surface area (Å²) in [5, 5.41) is 3.13. The molecule has 0 bridgehead atoms. The van der Waals surface area contributed by atoms with Crippen LogP contribution in [0.5, 0.6) is 0 Å². The van der Waals surface area contributed by atoms with Crippen LogP contribution in [0.4, 0.5) is 4.79 Å². The highest BCUT2D eigenvalue weighted by molar-refractivity contribution is 5.75. The van der Waals surface area contributed by atoms with E-state index in [0.717, 1.165) is 45.2 Å². The van der Waals surface area contributed by atoms with Gasteiger partial charge in [-0.15, -0.1) is 0 Å². The van der Waals surface area contributed by atoms with E-state index in [9.17, 15) is 4.79 Å². The number of hydrogen-bond donors (Lipinski definition) is 1. The highest BCUT2D eigenvalue weighted by atomic mass is 16.7. The highest BCUT2D eigenvalue weighted by Gasteiger charge is 2.42. The Morgan fingerprint density at radius 2 is 2.10 bits per heavy atom. The molecule has 1 N–H and O–H groups in total. The maximum Gasteiger partial charge on any atom is 0.317 e. The summed E-state index contributed by atoms with van der Waals surface area (Å²) in [6, 6.07) is 0.249. The van der Waals surface area contributed by atoms with E-state index >= 15 is 0 Å². The van der Waals surface area contributed by atoms with Gasteiger partial charge in [-0.1, -0.05) is 12.2 Å². The smallest absolute Gasteiger partial charge is 0.317 e. The number of ether oxygens (including phenoxy) is 2. The van der Waals surface area contributed by atoms with Crippen LogP contribution < -0.4 is 5.32 Å². The molecule has 2 saturated heterocycles. The molecule has 2 atom stereocenters. The van der Waals surface area contributed by atoms with Crippen LogP contribution in [0.1, 0.15) is 39.0 Å². The van der Waals surface area contributed by atoms with Crippen LogP contribution in [0.3, 0.4) is 0 Å². The van der Waals surface area contributed by atoms with Gasteiger partial charge in [-0.05, 0) is 39.0 Å². The molecule has 0 aromatic rings. The first-order valence-corrected chi connectivity index (χ1v) is 8.17. The van der Waals surface area contributed by atoms with Gasteiger partial charge in [-0.2, -0.15) is 0 Å². The van der Waals surface area contributed by atoms with Gasteiger partial charge in [0.15, 0.2) is 5.79 Å². The van der Waals surface area contributed by atoms with Gasteiger partial charge < -0.3 is 19.7 Å². The van der Waals surface area contributed by atoms with E-state index < -0.39 is 5.79 Å². The minimum Gasteiger partial charge on any atom is -0.347 e. The van der Waals surface area contributed by atoms with Crippen LogP contribution in [-0.4, -0.2) is 49.1 Å². The van der Waals surface area contributed by atoms with Gasteiger partial charge in [0.05, 0.1) is 13.2 Å². The van der Waals surface area contributed by atoms with Crippen molar-refractivity contribution in [3.63, 3.8) is 0 Å². The average molecular weight is 294 g/mol. The van der Waals surface area contributed by atoms with Crippen molar-refractivity contribution in [3.8, 4) is 0 Å². The Balaban J connectivity index is 1.56. The maximum absolute atomic E-state index is 12.4. The average Bonchev–Trinajstić information content (AvgIpc) is 2.97. The molecule has 3 rings (SSSR count). The standard InChI is InChI=1S/C16H26N2O3/c1-16(20-10-11-21-16)13-6-5-9-18(12-13)15(19)17-14-7-3-2-4-8-14/h3,7,13-14H,2,4-6,8-12H2,1H3,(H,17,19)/t13-,14-/m0/s1. The second-order valence-corrected chi connectivity index (χ2v) is 6.41. The summed E-state index contributed by atoms with van der Waals surface area (Å²) >= 11 is 0. The second-order valence-electron chi connectivity index (χ2n) is 6.41. The highest BCUT2D eigenvalue weighted by Crippen LogP contribution is 2.34. The molecule has 0 aromatic heterocycles. The molecule has 5 nitrogen and oxygen atoms in total. The number of carbonyl (C=O) groups excluding carboxylic acids is 1. The number of urea groups is 1. The molecule has 5 heteroatoms. The van der Waals surface area contributed by atoms with Crippen molar-refractivity contribution >= 4 is 6.03 Å². The fourth-order valence-corrected chi connectivity index (χ4v) is 3.54. The fraction of sp³-hybridized carbons (Fsp3) is 0.812. The molecule has 2 heterocycles. The molecule has 1 aliphatic carbocycles. The van der Waals surface area contributed by atoms with Crippen molar-refractivity contribution in [3.05, 3.63) is 12.2 Å². The minimum absolute atomic E-state index is 0.0536. The predicted molar refractivity (Wildman–Crippen MR) is 79.9 cm³/mol. The number of hydrogen-bond acceptors (Lipinski definition) is 3. The number of piperidine rings is 1. The van der Waals surface area contributed by atoms with E-state index in [-0.39, 0.29) is 18.0 Å². The lowest BCUT2D eigenvalue weighted by Crippen LogP contribution is -2.52. The van der Waals surface area contributed by atoms with Crippen molar-refractivity contribution in [1.29, 1.82) is 0 Å². The third-order valence-electron chi connectivity index (χ3n) is 4.87. The van der Waals surface area contributed by atoms with Crippen LogP contribution in [0.15, 0.2) is 12.2 Å². The number of likely N-dealkylation sites (tertiary alicyclic amines) is 1. The van der Waals surface area contributed by atoms with Gasteiger partial charge in [-0.3, -0.25) is 0 Å². The summed E-state index contributed by atoms with van der Waals surface area (Å²) in [7, 11) is 0. The van der Waals surface area contributed by atoms with Gasteiger partial charge in [-0.25, -0.2) is 4.79 Å². The predicted octanol–water partition coefficient (Wildman–Crippen LogP) is 2.28. The van der Waals surface area contributed by atoms with Crippen LogP contribution in [0, 0.1) is 5.92 Å². The summed E-state index contributed by atoms with van der Waals surface area (Å²) in [6.07, 6.45) is 9.69. The zero-order chi connectivity index (χ0) is 14.7. The molecular formula is C16H26N2O3. The van der Waals surface area contributed by atoms with Crippen LogP contribution >= 0.6 is 0 Å². The summed E-state index contributed by atoms with van der Waals surface area (Å²) in [6.45, 7) is 4.88. The Morgan fingerprint density at radius 3 is 2.81 bits per heavy atom. The Morgan fingerprint density at radius 1 is 1.29 bits per heavy atom. The zero-order valence-corrected chi connectivity index (χ0v) is 12.8. The summed E-state index contributed by atoms with van der Waals surface area (Å²) in [4.78, 5) is 14.4. The Bertz CT molecular complexity index is 404. The van der Waals surface area contributed by atoms with Gasteiger partial charge in [0.25, 0.3) is 0 Å². The first kappa shape index (κ1) is 14.9. The molecule has 2 aliphatic heterocycles. The Labute approximate surface area is 126 Å². The van der Waals surface area contributed by atoms with E-state index in [1.165, 1.54) is 0 Å². The molecule has 0 aromatic carbocycles. The van der Waals surface area contributed by atoms with Gasteiger partial charge in [0.1, 0.15) is 0 Å². The molecule has 0 radical (unpaired) electrons. The monoisotopic (exact) mass is 294 g/mol. The molecule has 3 aliphatic rings. The van der Waals surface area contributed by atoms with Gasteiger partial charge in [0.2, 0.25) is 0 Å². The first-order chi connectivity index (χ1) is 10.2. The van der Waals surface area contributed by atoms with E-state index in [0.29, 0.717) is 13.2 Å². The Kier molecular flexibility index (Phi) is 4.50. The number of allylic oxidation sites excluding steroid dienone is 1. The first-order valence-electron chi connectivity index (χ1n) is 8.17. The molecule has 0 saturated carbocycles. The van der Waals surface area contributed by atoms with Gasteiger partial charge >= 0.3 is 6.03 Å². The lowest BCUT2D eigenvalue weighted by Gasteiger charge is -2.40. The number of rotatable bonds is 2. The Hall–Kier alpha value is -1.07. The van der Waals surface area contributed by atoms with E-state index in [1.807, 2.05) is 11.8 Å². The van der Waals surface area contributed by atoms with Crippen molar-refractivity contribution in [2.24, 2.45) is 5.92 Å². The molecule has 2 fully saturated rings. The summed E-state index contributed by atoms with van der Waals surface area (Å²) in [5.74, 6) is -0.245. The maximum atomic E-state index is 12.4. The summed E-state index contributed by atoms with van der Waals surface area (Å²) in [5.41, 5.74) is 0. The largest absolute Gasteiger partial charge is 0.347 e.